The molecule has 6 heteroatoms. The summed E-state index contributed by atoms with van der Waals surface area (Å²) >= 11 is 2.19. The molecule has 0 N–H and O–H groups in total. The summed E-state index contributed by atoms with van der Waals surface area (Å²) in [6.07, 6.45) is -0.543. The van der Waals surface area contributed by atoms with Crippen LogP contribution in [0.25, 0.3) is 5.57 Å². The minimum Gasteiger partial charge on any atom is -0.472 e. The molecule has 0 fully saturated rings. The number of halogens is 1. The van der Waals surface area contributed by atoms with Gasteiger partial charge in [0.05, 0.1) is 13.2 Å². The Bertz CT molecular complexity index is 1010. The van der Waals surface area contributed by atoms with Gasteiger partial charge in [-0.2, -0.15) is 0 Å². The summed E-state index contributed by atoms with van der Waals surface area (Å²) in [5.41, 5.74) is 3.47. The van der Waals surface area contributed by atoms with Crippen molar-refractivity contribution in [2.75, 3.05) is 13.2 Å². The molecule has 0 aromatic heterocycles. The van der Waals surface area contributed by atoms with E-state index >= 15 is 0 Å². The van der Waals surface area contributed by atoms with Gasteiger partial charge in [0.2, 0.25) is 5.76 Å². The molecule has 3 rings (SSSR count). The largest absolute Gasteiger partial charge is 0.472 e. The molecule has 0 saturated heterocycles. The van der Waals surface area contributed by atoms with E-state index in [0.717, 1.165) is 20.3 Å². The van der Waals surface area contributed by atoms with Gasteiger partial charge in [-0.1, -0.05) is 60.2 Å². The van der Waals surface area contributed by atoms with Crippen molar-refractivity contribution >= 4 is 40.1 Å². The molecule has 30 heavy (non-hydrogen) atoms. The van der Waals surface area contributed by atoms with Gasteiger partial charge >= 0.3 is 11.9 Å². The third-order valence-electron chi connectivity index (χ3n) is 4.53. The molecule has 156 valence electrons. The van der Waals surface area contributed by atoms with Gasteiger partial charge in [0, 0.05) is 9.15 Å². The van der Waals surface area contributed by atoms with Gasteiger partial charge in [0.25, 0.3) is 0 Å². The van der Waals surface area contributed by atoms with Crippen LogP contribution in [0, 0.1) is 6.92 Å². The lowest BCUT2D eigenvalue weighted by Crippen LogP contribution is -2.25. The molecule has 0 amide bonds. The second-order valence-corrected chi connectivity index (χ2v) is 7.81. The van der Waals surface area contributed by atoms with Crippen LogP contribution in [0.1, 0.15) is 36.6 Å². The van der Waals surface area contributed by atoms with Crippen LogP contribution in [0.15, 0.2) is 69.5 Å². The second-order valence-electron chi connectivity index (χ2n) is 6.65. The Morgan fingerprint density at radius 1 is 0.967 bits per heavy atom. The summed E-state index contributed by atoms with van der Waals surface area (Å²) in [4.78, 5) is 25.7. The zero-order chi connectivity index (χ0) is 21.7. The van der Waals surface area contributed by atoms with Crippen molar-refractivity contribution in [3.63, 3.8) is 0 Å². The van der Waals surface area contributed by atoms with Crippen molar-refractivity contribution in [3.05, 3.63) is 86.2 Å². The number of carbonyl (C=O) groups excluding carboxylic acids is 2. The third kappa shape index (κ3) is 4.59. The Morgan fingerprint density at radius 2 is 1.63 bits per heavy atom. The Balaban J connectivity index is 2.27. The standard InChI is InChI=1S/C24H23IO5/c1-4-28-23(26)19-18(16-11-7-6-8-12-16)20(25)21(17-13-9-10-15(3)14-17)30-22(19)24(27)29-5-2/h6-14,21H,4-5H2,1-3H3. The number of benzene rings is 2. The number of ether oxygens (including phenoxy) is 3. The fraction of sp³-hybridized carbons (Fsp3) is 0.250. The predicted octanol–water partition coefficient (Wildman–Crippen LogP) is 5.29. The molecule has 1 aliphatic rings. The summed E-state index contributed by atoms with van der Waals surface area (Å²) in [6, 6.07) is 17.3. The number of hydrogen-bond donors (Lipinski definition) is 0. The lowest BCUT2D eigenvalue weighted by molar-refractivity contribution is -0.145. The summed E-state index contributed by atoms with van der Waals surface area (Å²) in [6.45, 7) is 5.77. The van der Waals surface area contributed by atoms with Gasteiger partial charge in [0.15, 0.2) is 6.10 Å². The van der Waals surface area contributed by atoms with E-state index in [9.17, 15) is 9.59 Å². The Hall–Kier alpha value is -2.61. The first-order valence-electron chi connectivity index (χ1n) is 9.75. The summed E-state index contributed by atoms with van der Waals surface area (Å²) in [7, 11) is 0. The van der Waals surface area contributed by atoms with E-state index in [1.54, 1.807) is 13.8 Å². The van der Waals surface area contributed by atoms with Crippen LogP contribution in [-0.2, 0) is 23.8 Å². The molecule has 1 heterocycles. The molecule has 0 aliphatic carbocycles. The summed E-state index contributed by atoms with van der Waals surface area (Å²) in [5.74, 6) is -1.42. The molecule has 0 radical (unpaired) electrons. The van der Waals surface area contributed by atoms with Crippen molar-refractivity contribution in [1.82, 2.24) is 0 Å². The monoisotopic (exact) mass is 518 g/mol. The minimum atomic E-state index is -0.685. The normalized spacial score (nSPS) is 16.2. The molecule has 1 unspecified atom stereocenters. The first-order chi connectivity index (χ1) is 14.5. The van der Waals surface area contributed by atoms with Crippen molar-refractivity contribution in [1.29, 1.82) is 0 Å². The molecular formula is C24H23IO5. The zero-order valence-electron chi connectivity index (χ0n) is 17.1. The van der Waals surface area contributed by atoms with Crippen molar-refractivity contribution in [2.45, 2.75) is 26.9 Å². The lowest BCUT2D eigenvalue weighted by Gasteiger charge is -2.30. The van der Waals surface area contributed by atoms with E-state index < -0.39 is 18.0 Å². The Kier molecular flexibility index (Phi) is 7.31. The van der Waals surface area contributed by atoms with Gasteiger partial charge in [-0.15, -0.1) is 0 Å². The number of aryl methyl sites for hydroxylation is 1. The SMILES string of the molecule is CCOC(=O)C1=C(C(=O)OCC)C(c2ccccc2)=C(I)C(c2cccc(C)c2)O1. The van der Waals surface area contributed by atoms with Gasteiger partial charge in [-0.25, -0.2) is 9.59 Å². The number of rotatable bonds is 6. The Morgan fingerprint density at radius 3 is 2.27 bits per heavy atom. The molecule has 0 saturated carbocycles. The molecule has 1 atom stereocenters. The average molecular weight is 518 g/mol. The van der Waals surface area contributed by atoms with E-state index in [4.69, 9.17) is 14.2 Å². The highest BCUT2D eigenvalue weighted by molar-refractivity contribution is 14.1. The van der Waals surface area contributed by atoms with Crippen LogP contribution >= 0.6 is 22.6 Å². The smallest absolute Gasteiger partial charge is 0.374 e. The van der Waals surface area contributed by atoms with Crippen LogP contribution in [0.5, 0.6) is 0 Å². The highest BCUT2D eigenvalue weighted by atomic mass is 127. The number of hydrogen-bond acceptors (Lipinski definition) is 5. The topological polar surface area (TPSA) is 61.8 Å². The van der Waals surface area contributed by atoms with E-state index in [-0.39, 0.29) is 24.5 Å². The maximum atomic E-state index is 12.9. The molecule has 2 aromatic rings. The summed E-state index contributed by atoms with van der Waals surface area (Å²) < 4.78 is 17.4. The van der Waals surface area contributed by atoms with Gasteiger partial charge < -0.3 is 14.2 Å². The van der Waals surface area contributed by atoms with Gasteiger partial charge in [-0.05, 0) is 54.5 Å². The minimum absolute atomic E-state index is 0.0924. The van der Waals surface area contributed by atoms with Gasteiger partial charge in [-0.3, -0.25) is 0 Å². The number of carbonyl (C=O) groups is 2. The molecule has 2 aromatic carbocycles. The fourth-order valence-electron chi connectivity index (χ4n) is 3.27. The molecule has 0 bridgehead atoms. The highest BCUT2D eigenvalue weighted by Gasteiger charge is 2.38. The second kappa shape index (κ2) is 9.93. The van der Waals surface area contributed by atoms with E-state index in [2.05, 4.69) is 22.6 Å². The average Bonchev–Trinajstić information content (AvgIpc) is 2.74. The maximum absolute atomic E-state index is 12.9. The summed E-state index contributed by atoms with van der Waals surface area (Å²) in [5, 5.41) is 0. The lowest BCUT2D eigenvalue weighted by atomic mass is 9.91. The van der Waals surface area contributed by atoms with Crippen LogP contribution in [0.2, 0.25) is 0 Å². The van der Waals surface area contributed by atoms with Crippen molar-refractivity contribution in [3.8, 4) is 0 Å². The third-order valence-corrected chi connectivity index (χ3v) is 5.63. The predicted molar refractivity (Wildman–Crippen MR) is 123 cm³/mol. The van der Waals surface area contributed by atoms with E-state index in [0.29, 0.717) is 5.57 Å². The quantitative estimate of drug-likeness (QED) is 0.384. The van der Waals surface area contributed by atoms with Gasteiger partial charge in [0.1, 0.15) is 5.57 Å². The van der Waals surface area contributed by atoms with Crippen molar-refractivity contribution in [2.24, 2.45) is 0 Å². The molecule has 1 aliphatic heterocycles. The van der Waals surface area contributed by atoms with Crippen LogP contribution in [-0.4, -0.2) is 25.2 Å². The highest BCUT2D eigenvalue weighted by Crippen LogP contribution is 2.46. The van der Waals surface area contributed by atoms with E-state index in [1.807, 2.05) is 61.5 Å². The molecule has 5 nitrogen and oxygen atoms in total. The first-order valence-corrected chi connectivity index (χ1v) is 10.8. The molecule has 0 spiro atoms. The Labute approximate surface area is 189 Å². The van der Waals surface area contributed by atoms with Crippen LogP contribution < -0.4 is 0 Å². The van der Waals surface area contributed by atoms with Crippen molar-refractivity contribution < 1.29 is 23.8 Å². The number of esters is 2. The molecular weight excluding hydrogens is 495 g/mol. The van der Waals surface area contributed by atoms with E-state index in [1.165, 1.54) is 0 Å². The zero-order valence-corrected chi connectivity index (χ0v) is 19.3. The van der Waals surface area contributed by atoms with Crippen LogP contribution in [0.3, 0.4) is 0 Å². The fourth-order valence-corrected chi connectivity index (χ4v) is 4.34. The maximum Gasteiger partial charge on any atom is 0.374 e. The first kappa shape index (κ1) is 22.1. The van der Waals surface area contributed by atoms with Crippen LogP contribution in [0.4, 0.5) is 0 Å².